The Balaban J connectivity index is 2.75. The molecule has 0 saturated heterocycles. The molecule has 1 saturated carbocycles. The van der Waals surface area contributed by atoms with Crippen LogP contribution in [0.4, 0.5) is 0 Å². The largest absolute Gasteiger partial charge is 0.315 e. The Labute approximate surface area is 121 Å². The SMILES string of the molecule is CCC(CC)CN(CC)C1C(C)CC(C)CC1NC. The molecule has 1 aliphatic rings. The lowest BCUT2D eigenvalue weighted by Gasteiger charge is -2.46. The van der Waals surface area contributed by atoms with Gasteiger partial charge in [-0.2, -0.15) is 0 Å². The van der Waals surface area contributed by atoms with Gasteiger partial charge in [-0.1, -0.05) is 47.5 Å². The summed E-state index contributed by atoms with van der Waals surface area (Å²) in [5.74, 6) is 2.55. The first kappa shape index (κ1) is 17.0. The van der Waals surface area contributed by atoms with E-state index in [1.54, 1.807) is 0 Å². The molecular formula is C17H36N2. The molecule has 2 nitrogen and oxygen atoms in total. The molecule has 0 aromatic rings. The van der Waals surface area contributed by atoms with Gasteiger partial charge in [0.05, 0.1) is 0 Å². The summed E-state index contributed by atoms with van der Waals surface area (Å²) in [5, 5.41) is 3.60. The minimum atomic E-state index is 0.674. The maximum absolute atomic E-state index is 3.60. The summed E-state index contributed by atoms with van der Waals surface area (Å²) in [7, 11) is 2.15. The Morgan fingerprint density at radius 1 is 1.11 bits per heavy atom. The molecule has 0 bridgehead atoms. The fraction of sp³-hybridized carbons (Fsp3) is 1.00. The zero-order valence-corrected chi connectivity index (χ0v) is 14.1. The van der Waals surface area contributed by atoms with Gasteiger partial charge in [-0.3, -0.25) is 4.90 Å². The topological polar surface area (TPSA) is 15.3 Å². The molecule has 1 fully saturated rings. The average molecular weight is 268 g/mol. The van der Waals surface area contributed by atoms with E-state index >= 15 is 0 Å². The number of likely N-dealkylation sites (N-methyl/N-ethyl adjacent to an activating group) is 2. The Morgan fingerprint density at radius 3 is 2.21 bits per heavy atom. The molecule has 1 rings (SSSR count). The monoisotopic (exact) mass is 268 g/mol. The number of nitrogens with one attached hydrogen (secondary N) is 1. The minimum Gasteiger partial charge on any atom is -0.315 e. The van der Waals surface area contributed by atoms with Crippen LogP contribution in [0.25, 0.3) is 0 Å². The van der Waals surface area contributed by atoms with E-state index in [0.717, 1.165) is 23.8 Å². The molecule has 19 heavy (non-hydrogen) atoms. The van der Waals surface area contributed by atoms with Crippen LogP contribution in [0.5, 0.6) is 0 Å². The number of hydrogen-bond acceptors (Lipinski definition) is 2. The summed E-state index contributed by atoms with van der Waals surface area (Å²) in [5.41, 5.74) is 0. The molecule has 0 radical (unpaired) electrons. The molecule has 0 aliphatic heterocycles. The highest BCUT2D eigenvalue weighted by molar-refractivity contribution is 4.93. The van der Waals surface area contributed by atoms with E-state index in [0.29, 0.717) is 6.04 Å². The van der Waals surface area contributed by atoms with Gasteiger partial charge in [-0.15, -0.1) is 0 Å². The van der Waals surface area contributed by atoms with Crippen LogP contribution in [0.15, 0.2) is 0 Å². The molecule has 0 aromatic carbocycles. The molecule has 2 heteroatoms. The normalized spacial score (nSPS) is 32.2. The lowest BCUT2D eigenvalue weighted by atomic mass is 9.75. The summed E-state index contributed by atoms with van der Waals surface area (Å²) < 4.78 is 0. The zero-order valence-electron chi connectivity index (χ0n) is 14.1. The molecule has 4 unspecified atom stereocenters. The van der Waals surface area contributed by atoms with Crippen LogP contribution in [0.2, 0.25) is 0 Å². The molecule has 4 atom stereocenters. The third kappa shape index (κ3) is 4.46. The van der Waals surface area contributed by atoms with E-state index in [1.807, 2.05) is 0 Å². The lowest BCUT2D eigenvalue weighted by Crippen LogP contribution is -2.56. The van der Waals surface area contributed by atoms with Gasteiger partial charge < -0.3 is 5.32 Å². The van der Waals surface area contributed by atoms with E-state index in [9.17, 15) is 0 Å². The second kappa shape index (κ2) is 8.26. The smallest absolute Gasteiger partial charge is 0.0274 e. The van der Waals surface area contributed by atoms with Gasteiger partial charge >= 0.3 is 0 Å². The van der Waals surface area contributed by atoms with Crippen molar-refractivity contribution in [2.75, 3.05) is 20.1 Å². The van der Waals surface area contributed by atoms with E-state index < -0.39 is 0 Å². The Bertz CT molecular complexity index is 237. The highest BCUT2D eigenvalue weighted by Crippen LogP contribution is 2.33. The number of hydrogen-bond donors (Lipinski definition) is 1. The van der Waals surface area contributed by atoms with Gasteiger partial charge in [0.2, 0.25) is 0 Å². The maximum Gasteiger partial charge on any atom is 0.0274 e. The van der Waals surface area contributed by atoms with Gasteiger partial charge in [-0.05, 0) is 44.2 Å². The summed E-state index contributed by atoms with van der Waals surface area (Å²) in [6, 6.07) is 1.40. The van der Waals surface area contributed by atoms with Crippen molar-refractivity contribution < 1.29 is 0 Å². The van der Waals surface area contributed by atoms with Crippen LogP contribution < -0.4 is 5.32 Å². The average Bonchev–Trinajstić information content (AvgIpc) is 2.40. The first-order valence-corrected chi connectivity index (χ1v) is 8.48. The first-order valence-electron chi connectivity index (χ1n) is 8.48. The Morgan fingerprint density at radius 2 is 1.74 bits per heavy atom. The second-order valence-corrected chi connectivity index (χ2v) is 6.71. The van der Waals surface area contributed by atoms with Crippen molar-refractivity contribution >= 4 is 0 Å². The summed E-state index contributed by atoms with van der Waals surface area (Å²) in [6.07, 6.45) is 5.36. The van der Waals surface area contributed by atoms with Gasteiger partial charge in [0.25, 0.3) is 0 Å². The molecule has 0 heterocycles. The molecule has 0 spiro atoms. The van der Waals surface area contributed by atoms with Crippen LogP contribution in [0.1, 0.15) is 60.3 Å². The molecule has 114 valence electrons. The molecule has 0 amide bonds. The Kier molecular flexibility index (Phi) is 7.38. The van der Waals surface area contributed by atoms with Crippen molar-refractivity contribution in [2.45, 2.75) is 72.4 Å². The van der Waals surface area contributed by atoms with Crippen molar-refractivity contribution in [3.8, 4) is 0 Å². The van der Waals surface area contributed by atoms with Gasteiger partial charge in [0.15, 0.2) is 0 Å². The van der Waals surface area contributed by atoms with Gasteiger partial charge in [0.1, 0.15) is 0 Å². The van der Waals surface area contributed by atoms with Crippen LogP contribution in [-0.2, 0) is 0 Å². The van der Waals surface area contributed by atoms with Crippen LogP contribution in [0.3, 0.4) is 0 Å². The third-order valence-electron chi connectivity index (χ3n) is 5.27. The maximum atomic E-state index is 3.60. The van der Waals surface area contributed by atoms with Crippen molar-refractivity contribution in [1.29, 1.82) is 0 Å². The van der Waals surface area contributed by atoms with E-state index in [2.05, 4.69) is 51.9 Å². The highest BCUT2D eigenvalue weighted by Gasteiger charge is 2.36. The van der Waals surface area contributed by atoms with Gasteiger partial charge in [-0.25, -0.2) is 0 Å². The minimum absolute atomic E-state index is 0.674. The van der Waals surface area contributed by atoms with E-state index in [1.165, 1.54) is 38.8 Å². The number of nitrogens with zero attached hydrogens (tertiary/aromatic N) is 1. The Hall–Kier alpha value is -0.0800. The highest BCUT2D eigenvalue weighted by atomic mass is 15.2. The summed E-state index contributed by atoms with van der Waals surface area (Å²) in [4.78, 5) is 2.76. The summed E-state index contributed by atoms with van der Waals surface area (Å²) in [6.45, 7) is 14.4. The summed E-state index contributed by atoms with van der Waals surface area (Å²) >= 11 is 0. The molecular weight excluding hydrogens is 232 g/mol. The second-order valence-electron chi connectivity index (χ2n) is 6.71. The lowest BCUT2D eigenvalue weighted by molar-refractivity contribution is 0.0550. The first-order chi connectivity index (χ1) is 9.07. The molecule has 1 aliphatic carbocycles. The van der Waals surface area contributed by atoms with Crippen molar-refractivity contribution in [2.24, 2.45) is 17.8 Å². The van der Waals surface area contributed by atoms with Crippen molar-refractivity contribution in [3.05, 3.63) is 0 Å². The van der Waals surface area contributed by atoms with E-state index in [-0.39, 0.29) is 0 Å². The molecule has 1 N–H and O–H groups in total. The predicted molar refractivity (Wildman–Crippen MR) is 85.5 cm³/mol. The standard InChI is InChI=1S/C17H36N2/c1-7-15(8-2)12-19(9-3)17-14(5)10-13(4)11-16(17)18-6/h13-18H,7-12H2,1-6H3. The fourth-order valence-electron chi connectivity index (χ4n) is 4.08. The van der Waals surface area contributed by atoms with Crippen LogP contribution in [-0.4, -0.2) is 37.1 Å². The van der Waals surface area contributed by atoms with Crippen molar-refractivity contribution in [3.63, 3.8) is 0 Å². The quantitative estimate of drug-likeness (QED) is 0.756. The fourth-order valence-corrected chi connectivity index (χ4v) is 4.08. The zero-order chi connectivity index (χ0) is 14.4. The third-order valence-corrected chi connectivity index (χ3v) is 5.27. The number of rotatable bonds is 7. The van der Waals surface area contributed by atoms with Crippen LogP contribution >= 0.6 is 0 Å². The van der Waals surface area contributed by atoms with Crippen molar-refractivity contribution in [1.82, 2.24) is 10.2 Å². The molecule has 0 aromatic heterocycles. The van der Waals surface area contributed by atoms with Gasteiger partial charge in [0, 0.05) is 18.6 Å². The van der Waals surface area contributed by atoms with E-state index in [4.69, 9.17) is 0 Å². The predicted octanol–water partition coefficient (Wildman–Crippen LogP) is 3.77. The van der Waals surface area contributed by atoms with Crippen LogP contribution in [0, 0.1) is 17.8 Å².